The Kier molecular flexibility index (Phi) is 2.88. The molecule has 0 heterocycles. The largest absolute Gasteiger partial charge is 0.310 e. The summed E-state index contributed by atoms with van der Waals surface area (Å²) in [6, 6.07) is -40.2. The molecule has 1 heteroatoms. The zero-order valence-electron chi connectivity index (χ0n) is 59.4. The van der Waals surface area contributed by atoms with Crippen LogP contribution in [0.15, 0.2) is 211 Å². The first kappa shape index (κ1) is 10.3. The van der Waals surface area contributed by atoms with Crippen LogP contribution in [-0.4, -0.2) is 0 Å². The highest BCUT2D eigenvalue weighted by atomic mass is 15.1. The van der Waals surface area contributed by atoms with E-state index >= 15 is 0 Å². The van der Waals surface area contributed by atoms with Crippen LogP contribution in [0, 0.1) is 0 Å². The van der Waals surface area contributed by atoms with E-state index in [4.69, 9.17) is 30.2 Å². The van der Waals surface area contributed by atoms with Crippen LogP contribution in [0.2, 0.25) is 0 Å². The van der Waals surface area contributed by atoms with E-state index in [9.17, 15) is 17.8 Å². The van der Waals surface area contributed by atoms with Crippen molar-refractivity contribution < 1.29 is 48.0 Å². The Morgan fingerprint density at radius 3 is 1.14 bits per heavy atom. The second-order valence-corrected chi connectivity index (χ2v) is 9.51. The molecule has 8 aromatic rings. The Hall–Kier alpha value is -6.44. The fourth-order valence-electron chi connectivity index (χ4n) is 4.40. The van der Waals surface area contributed by atoms with E-state index in [1.807, 2.05) is 0 Å². The molecule has 1 nitrogen and oxygen atoms in total. The Morgan fingerprint density at radius 2 is 0.612 bits per heavy atom. The molecule has 8 rings (SSSR count). The van der Waals surface area contributed by atoms with Crippen LogP contribution in [0.3, 0.4) is 0 Å². The van der Waals surface area contributed by atoms with Gasteiger partial charge in [0.2, 0.25) is 0 Å². The van der Waals surface area contributed by atoms with Crippen LogP contribution >= 0.6 is 0 Å². The molecule has 0 aliphatic carbocycles. The van der Waals surface area contributed by atoms with Crippen LogP contribution in [0.1, 0.15) is 48.0 Å². The number of hydrogen-bond donors (Lipinski definition) is 0. The summed E-state index contributed by atoms with van der Waals surface area (Å²) in [5.74, 6) is 0. The Balaban J connectivity index is 1.60. The van der Waals surface area contributed by atoms with Crippen molar-refractivity contribution in [2.75, 3.05) is 4.90 Å². The van der Waals surface area contributed by atoms with Gasteiger partial charge in [-0.25, -0.2) is 0 Å². The molecule has 0 spiro atoms. The molecular weight excluding hydrogens is 591 g/mol. The lowest BCUT2D eigenvalue weighted by atomic mass is 9.91. The molecule has 0 amide bonds. The van der Waals surface area contributed by atoms with Crippen LogP contribution in [0.25, 0.3) is 55.6 Å². The molecule has 8 aromatic carbocycles. The fraction of sp³-hybridized carbons (Fsp3) is 0. The summed E-state index contributed by atoms with van der Waals surface area (Å²) in [5, 5.41) is 0. The summed E-state index contributed by atoms with van der Waals surface area (Å²) in [4.78, 5) is 0.205. The van der Waals surface area contributed by atoms with Gasteiger partial charge in [-0.05, 0) is 97.9 Å². The van der Waals surface area contributed by atoms with E-state index in [1.54, 1.807) is 0 Å². The molecule has 0 aromatic heterocycles. The number of benzene rings is 8. The summed E-state index contributed by atoms with van der Waals surface area (Å²) < 4.78 is 311. The van der Waals surface area contributed by atoms with E-state index in [0.717, 1.165) is 0 Å². The smallest absolute Gasteiger partial charge is 0.0651 e. The molecule has 0 unspecified atom stereocenters. The van der Waals surface area contributed by atoms with Crippen molar-refractivity contribution in [3.05, 3.63) is 211 Å². The lowest BCUT2D eigenvalue weighted by molar-refractivity contribution is 1.28. The van der Waals surface area contributed by atoms with Gasteiger partial charge in [0, 0.05) is 17.1 Å². The van der Waals surface area contributed by atoms with E-state index in [1.165, 1.54) is 0 Å². The van der Waals surface area contributed by atoms with E-state index < -0.39 is 284 Å². The van der Waals surface area contributed by atoms with Gasteiger partial charge in [0.15, 0.2) is 0 Å². The van der Waals surface area contributed by atoms with Crippen molar-refractivity contribution >= 4 is 17.1 Å². The normalized spacial score (nSPS) is 20.9. The van der Waals surface area contributed by atoms with Gasteiger partial charge in [0.1, 0.15) is 0 Å². The zero-order chi connectivity index (χ0) is 63.3. The van der Waals surface area contributed by atoms with Crippen LogP contribution < -0.4 is 4.90 Å². The lowest BCUT2D eigenvalue weighted by Crippen LogP contribution is -2.10. The highest BCUT2D eigenvalue weighted by molar-refractivity contribution is 5.88. The minimum atomic E-state index is -1.44. The molecule has 0 bridgehead atoms. The standard InChI is InChI=1S/C48H35N/c1-5-14-36(15-6-1)38-24-29-44(30-25-38)49(46-23-13-22-42(34-46)37-16-7-2-8-17-37)45-31-26-39(27-32-45)43-28-33-47(40-18-9-3-10-19-40)48(35-43)41-20-11-4-12-21-41/h1-35H/i1D,2D,3D,4D,5D,6D,7D,8D,9D,10D,11D,12D,13D,14D,15D,16D,17D,18D,19D,20D,21D,22D,23D,24D,25D,26D,27D,28D,29D,30D,31D,32D,33D,34D,35D. The SMILES string of the molecule is [2H]c1c([2H])c([2H])c(-c2c([2H])c([2H])c(N(c3c([2H])c([2H])c(-c4c([2H])c([2H])c(-c5c([2H])c([2H])c([2H])c([2H])c5[2H])c(-c5c([2H])c([2H])c([2H])c([2H])c5[2H])c4[2H])c([2H])c3[2H])c3c([2H])c([2H])c([2H])c(-c4c([2H])c([2H])c([2H])c([2H])c4[2H])c3[2H])c([2H])c2[2H])c([2H])c1[2H]. The minimum Gasteiger partial charge on any atom is -0.310 e. The van der Waals surface area contributed by atoms with E-state index in [0.29, 0.717) is 0 Å². The van der Waals surface area contributed by atoms with Gasteiger partial charge in [-0.15, -0.1) is 0 Å². The van der Waals surface area contributed by atoms with Crippen molar-refractivity contribution in [2.45, 2.75) is 0 Å². The molecule has 0 aliphatic rings. The Bertz CT molecular complexity index is 4150. The fourth-order valence-corrected chi connectivity index (χ4v) is 4.40. The highest BCUT2D eigenvalue weighted by Crippen LogP contribution is 2.40. The topological polar surface area (TPSA) is 3.24 Å². The van der Waals surface area contributed by atoms with E-state index in [2.05, 4.69) is 0 Å². The van der Waals surface area contributed by atoms with Crippen molar-refractivity contribution in [3.8, 4) is 55.6 Å². The Labute approximate surface area is 338 Å². The predicted molar refractivity (Wildman–Crippen MR) is 208 cm³/mol. The molecule has 0 saturated carbocycles. The van der Waals surface area contributed by atoms with Crippen molar-refractivity contribution in [1.29, 1.82) is 0 Å². The number of anilines is 3. The average molecular weight is 661 g/mol. The predicted octanol–water partition coefficient (Wildman–Crippen LogP) is 13.5. The molecule has 49 heavy (non-hydrogen) atoms. The molecule has 0 saturated heterocycles. The van der Waals surface area contributed by atoms with Crippen LogP contribution in [0.4, 0.5) is 17.1 Å². The maximum atomic E-state index is 9.71. The molecule has 0 N–H and O–H groups in total. The minimum absolute atomic E-state index is 0.205. The number of rotatable bonds is 8. The third kappa shape index (κ3) is 6.43. The molecule has 0 aliphatic heterocycles. The lowest BCUT2D eigenvalue weighted by Gasteiger charge is -2.26. The quantitative estimate of drug-likeness (QED) is 0.157. The molecule has 0 atom stereocenters. The third-order valence-electron chi connectivity index (χ3n) is 6.57. The maximum absolute atomic E-state index is 9.71. The van der Waals surface area contributed by atoms with Gasteiger partial charge < -0.3 is 4.90 Å². The average Bonchev–Trinajstić information content (AvgIpc) is 0.838. The second kappa shape index (κ2) is 13.7. The van der Waals surface area contributed by atoms with Crippen LogP contribution in [0.5, 0.6) is 0 Å². The molecule has 232 valence electrons. The molecule has 0 radical (unpaired) electrons. The molecule has 0 fully saturated rings. The summed E-state index contributed by atoms with van der Waals surface area (Å²) in [6.45, 7) is 0. The van der Waals surface area contributed by atoms with Gasteiger partial charge in [0.25, 0.3) is 0 Å². The first-order chi connectivity index (χ1) is 38.9. The number of hydrogen-bond acceptors (Lipinski definition) is 1. The van der Waals surface area contributed by atoms with Gasteiger partial charge >= 0.3 is 0 Å². The maximum Gasteiger partial charge on any atom is 0.0651 e. The summed E-state index contributed by atoms with van der Waals surface area (Å²) in [6.07, 6.45) is 0. The van der Waals surface area contributed by atoms with Crippen molar-refractivity contribution in [1.82, 2.24) is 0 Å². The van der Waals surface area contributed by atoms with Crippen LogP contribution in [-0.2, 0) is 0 Å². The summed E-state index contributed by atoms with van der Waals surface area (Å²) in [7, 11) is 0. The zero-order valence-corrected chi connectivity index (χ0v) is 24.4. The Morgan fingerprint density at radius 1 is 0.245 bits per heavy atom. The van der Waals surface area contributed by atoms with Gasteiger partial charge in [0.05, 0.1) is 48.0 Å². The summed E-state index contributed by atoms with van der Waals surface area (Å²) >= 11 is 0. The molecular formula is C48H35N. The van der Waals surface area contributed by atoms with Gasteiger partial charge in [-0.2, -0.15) is 0 Å². The number of nitrogens with zero attached hydrogens (tertiary/aromatic N) is 1. The first-order valence-corrected chi connectivity index (χ1v) is 13.9. The van der Waals surface area contributed by atoms with Gasteiger partial charge in [-0.1, -0.05) is 169 Å². The van der Waals surface area contributed by atoms with Crippen molar-refractivity contribution in [3.63, 3.8) is 0 Å². The van der Waals surface area contributed by atoms with E-state index in [-0.39, 0.29) is 4.90 Å². The van der Waals surface area contributed by atoms with Crippen molar-refractivity contribution in [2.24, 2.45) is 0 Å². The summed E-state index contributed by atoms with van der Waals surface area (Å²) in [5.41, 5.74) is -13.8. The second-order valence-electron chi connectivity index (χ2n) is 9.51. The first-order valence-electron chi connectivity index (χ1n) is 31.4. The van der Waals surface area contributed by atoms with Gasteiger partial charge in [-0.3, -0.25) is 0 Å². The highest BCUT2D eigenvalue weighted by Gasteiger charge is 2.15. The third-order valence-corrected chi connectivity index (χ3v) is 6.57. The monoisotopic (exact) mass is 660 g/mol.